The summed E-state index contributed by atoms with van der Waals surface area (Å²) < 4.78 is 39.9. The number of nitrogens with one attached hydrogen (secondary N) is 1. The van der Waals surface area contributed by atoms with Crippen molar-refractivity contribution in [1.29, 1.82) is 0 Å². The summed E-state index contributed by atoms with van der Waals surface area (Å²) in [6.07, 6.45) is -1.90. The van der Waals surface area contributed by atoms with Gasteiger partial charge in [-0.15, -0.1) is 0 Å². The van der Waals surface area contributed by atoms with Gasteiger partial charge in [-0.2, -0.15) is 13.2 Å². The molecule has 3 aromatic rings. The molecule has 28 heavy (non-hydrogen) atoms. The second-order valence-corrected chi connectivity index (χ2v) is 6.63. The number of alkyl halides is 3. The largest absolute Gasteiger partial charge is 0.434 e. The predicted molar refractivity (Wildman–Crippen MR) is 103 cm³/mol. The number of hydrogen-bond acceptors (Lipinski definition) is 4. The SMILES string of the molecule is C=C(C)c1cnc(Cl)nc1NCc1ccc(-c2nc(C(F)(F)F)cn2C)cc1. The molecule has 1 N–H and O–H groups in total. The number of imidazole rings is 1. The maximum Gasteiger partial charge on any atom is 0.434 e. The quantitative estimate of drug-likeness (QED) is 0.591. The zero-order valence-electron chi connectivity index (χ0n) is 15.2. The third-order valence-electron chi connectivity index (χ3n) is 4.06. The summed E-state index contributed by atoms with van der Waals surface area (Å²) in [4.78, 5) is 11.8. The summed E-state index contributed by atoms with van der Waals surface area (Å²) in [5, 5.41) is 3.30. The first-order chi connectivity index (χ1) is 13.1. The number of nitrogens with zero attached hydrogens (tertiary/aromatic N) is 4. The van der Waals surface area contributed by atoms with Gasteiger partial charge in [-0.3, -0.25) is 0 Å². The van der Waals surface area contributed by atoms with Crippen LogP contribution in [0.5, 0.6) is 0 Å². The van der Waals surface area contributed by atoms with Crippen molar-refractivity contribution in [3.63, 3.8) is 0 Å². The Labute approximate surface area is 164 Å². The van der Waals surface area contributed by atoms with Gasteiger partial charge in [0.2, 0.25) is 5.28 Å². The topological polar surface area (TPSA) is 55.6 Å². The molecule has 3 rings (SSSR count). The fraction of sp³-hybridized carbons (Fsp3) is 0.211. The molecule has 0 amide bonds. The Bertz CT molecular complexity index is 1010. The normalized spacial score (nSPS) is 11.5. The lowest BCUT2D eigenvalue weighted by atomic mass is 10.1. The molecule has 0 saturated heterocycles. The van der Waals surface area contributed by atoms with Crippen molar-refractivity contribution in [1.82, 2.24) is 19.5 Å². The molecule has 2 aromatic heterocycles. The molecule has 0 fully saturated rings. The van der Waals surface area contributed by atoms with Crippen LogP contribution in [-0.2, 0) is 19.8 Å². The van der Waals surface area contributed by atoms with Crippen LogP contribution in [0.15, 0.2) is 43.2 Å². The Kier molecular flexibility index (Phi) is 5.42. The summed E-state index contributed by atoms with van der Waals surface area (Å²) in [7, 11) is 1.53. The number of anilines is 1. The molecule has 146 valence electrons. The molecule has 0 aliphatic heterocycles. The molecule has 5 nitrogen and oxygen atoms in total. The highest BCUT2D eigenvalue weighted by Crippen LogP contribution is 2.30. The van der Waals surface area contributed by atoms with E-state index in [1.165, 1.54) is 11.6 Å². The van der Waals surface area contributed by atoms with E-state index >= 15 is 0 Å². The van der Waals surface area contributed by atoms with E-state index in [0.29, 0.717) is 17.9 Å². The number of benzene rings is 1. The lowest BCUT2D eigenvalue weighted by Crippen LogP contribution is -2.05. The number of aromatic nitrogens is 4. The van der Waals surface area contributed by atoms with Crippen molar-refractivity contribution in [2.24, 2.45) is 7.05 Å². The number of halogens is 4. The van der Waals surface area contributed by atoms with Crippen LogP contribution in [0.4, 0.5) is 19.0 Å². The number of allylic oxidation sites excluding steroid dienone is 1. The van der Waals surface area contributed by atoms with E-state index in [0.717, 1.165) is 22.9 Å². The zero-order chi connectivity index (χ0) is 20.5. The highest BCUT2D eigenvalue weighted by molar-refractivity contribution is 6.28. The fourth-order valence-electron chi connectivity index (χ4n) is 2.64. The minimum absolute atomic E-state index is 0.123. The highest BCUT2D eigenvalue weighted by Gasteiger charge is 2.34. The van der Waals surface area contributed by atoms with Crippen LogP contribution in [0.2, 0.25) is 5.28 Å². The van der Waals surface area contributed by atoms with Crippen LogP contribution < -0.4 is 5.32 Å². The summed E-state index contributed by atoms with van der Waals surface area (Å²) >= 11 is 5.86. The second kappa shape index (κ2) is 7.63. The first-order valence-corrected chi connectivity index (χ1v) is 8.65. The Morgan fingerprint density at radius 1 is 1.21 bits per heavy atom. The molecule has 0 aliphatic rings. The number of rotatable bonds is 5. The zero-order valence-corrected chi connectivity index (χ0v) is 15.9. The molecule has 0 saturated carbocycles. The smallest absolute Gasteiger partial charge is 0.365 e. The number of hydrogen-bond donors (Lipinski definition) is 1. The Morgan fingerprint density at radius 3 is 2.46 bits per heavy atom. The van der Waals surface area contributed by atoms with Crippen LogP contribution in [0.3, 0.4) is 0 Å². The average Bonchev–Trinajstić information content (AvgIpc) is 3.02. The van der Waals surface area contributed by atoms with Crippen molar-refractivity contribution in [3.8, 4) is 11.4 Å². The van der Waals surface area contributed by atoms with Gasteiger partial charge in [-0.05, 0) is 29.7 Å². The molecule has 0 radical (unpaired) electrons. The van der Waals surface area contributed by atoms with Gasteiger partial charge in [0.05, 0.1) is 0 Å². The summed E-state index contributed by atoms with van der Waals surface area (Å²) in [5.74, 6) is 0.814. The van der Waals surface area contributed by atoms with E-state index in [9.17, 15) is 13.2 Å². The van der Waals surface area contributed by atoms with Gasteiger partial charge in [-0.1, -0.05) is 30.8 Å². The monoisotopic (exact) mass is 407 g/mol. The third kappa shape index (κ3) is 4.33. The van der Waals surface area contributed by atoms with Crippen LogP contribution in [0.25, 0.3) is 17.0 Å². The molecule has 0 bridgehead atoms. The fourth-order valence-corrected chi connectivity index (χ4v) is 2.77. The van der Waals surface area contributed by atoms with Gasteiger partial charge in [0, 0.05) is 37.1 Å². The molecule has 0 unspecified atom stereocenters. The molecular weight excluding hydrogens is 391 g/mol. The highest BCUT2D eigenvalue weighted by atomic mass is 35.5. The van der Waals surface area contributed by atoms with E-state index in [-0.39, 0.29) is 11.1 Å². The van der Waals surface area contributed by atoms with Crippen molar-refractivity contribution < 1.29 is 13.2 Å². The van der Waals surface area contributed by atoms with Crippen LogP contribution in [-0.4, -0.2) is 19.5 Å². The van der Waals surface area contributed by atoms with Crippen molar-refractivity contribution in [2.45, 2.75) is 19.6 Å². The standard InChI is InChI=1S/C19H17ClF3N5/c1-11(2)14-9-25-18(20)27-16(14)24-8-12-4-6-13(7-5-12)17-26-15(10-28(17)3)19(21,22)23/h4-7,9-10H,1,8H2,2-3H3,(H,24,25,27). The van der Waals surface area contributed by atoms with Gasteiger partial charge in [-0.25, -0.2) is 15.0 Å². The Hall–Kier alpha value is -2.87. The number of aryl methyl sites for hydroxylation is 1. The minimum Gasteiger partial charge on any atom is -0.365 e. The molecule has 1 aromatic carbocycles. The maximum absolute atomic E-state index is 12.8. The van der Waals surface area contributed by atoms with Crippen LogP contribution in [0, 0.1) is 0 Å². The van der Waals surface area contributed by atoms with E-state index < -0.39 is 11.9 Å². The first kappa shape index (κ1) is 19.9. The maximum atomic E-state index is 12.8. The molecule has 0 aliphatic carbocycles. The molecule has 0 spiro atoms. The Morgan fingerprint density at radius 2 is 1.89 bits per heavy atom. The van der Waals surface area contributed by atoms with Gasteiger partial charge in [0.15, 0.2) is 5.69 Å². The summed E-state index contributed by atoms with van der Waals surface area (Å²) in [6, 6.07) is 7.08. The van der Waals surface area contributed by atoms with Crippen LogP contribution in [0.1, 0.15) is 23.7 Å². The van der Waals surface area contributed by atoms with E-state index in [2.05, 4.69) is 26.8 Å². The molecule has 0 atom stereocenters. The second-order valence-electron chi connectivity index (χ2n) is 6.29. The molecule has 2 heterocycles. The lowest BCUT2D eigenvalue weighted by Gasteiger charge is -2.11. The lowest BCUT2D eigenvalue weighted by molar-refractivity contribution is -0.140. The van der Waals surface area contributed by atoms with Crippen molar-refractivity contribution in [3.05, 3.63) is 65.3 Å². The van der Waals surface area contributed by atoms with Crippen molar-refractivity contribution in [2.75, 3.05) is 5.32 Å². The van der Waals surface area contributed by atoms with Crippen molar-refractivity contribution >= 4 is 23.0 Å². The van der Waals surface area contributed by atoms with E-state index in [4.69, 9.17) is 11.6 Å². The van der Waals surface area contributed by atoms with Gasteiger partial charge >= 0.3 is 6.18 Å². The average molecular weight is 408 g/mol. The van der Waals surface area contributed by atoms with Crippen LogP contribution >= 0.6 is 11.6 Å². The van der Waals surface area contributed by atoms with Gasteiger partial charge in [0.25, 0.3) is 0 Å². The third-order valence-corrected chi connectivity index (χ3v) is 4.24. The summed E-state index contributed by atoms with van der Waals surface area (Å²) in [6.45, 7) is 6.18. The van der Waals surface area contributed by atoms with Gasteiger partial charge < -0.3 is 9.88 Å². The molecular formula is C19H17ClF3N5. The first-order valence-electron chi connectivity index (χ1n) is 8.27. The summed E-state index contributed by atoms with van der Waals surface area (Å²) in [5.41, 5.74) is 2.15. The van der Waals surface area contributed by atoms with E-state index in [1.807, 2.05) is 19.1 Å². The minimum atomic E-state index is -4.47. The predicted octanol–water partition coefficient (Wildman–Crippen LogP) is 5.19. The Balaban J connectivity index is 1.77. The van der Waals surface area contributed by atoms with Gasteiger partial charge in [0.1, 0.15) is 11.6 Å². The van der Waals surface area contributed by atoms with E-state index in [1.54, 1.807) is 18.3 Å². The molecule has 9 heteroatoms.